The Balaban J connectivity index is 1.54. The van der Waals surface area contributed by atoms with Crippen molar-refractivity contribution in [3.05, 3.63) is 83.9 Å². The van der Waals surface area contributed by atoms with Crippen LogP contribution in [0.3, 0.4) is 0 Å². The highest BCUT2D eigenvalue weighted by Crippen LogP contribution is 2.30. The first-order valence-electron chi connectivity index (χ1n) is 8.77. The lowest BCUT2D eigenvalue weighted by atomic mass is 10.2. The Morgan fingerprint density at radius 3 is 2.52 bits per heavy atom. The SMILES string of the molecule is COc1ccccc1-c1nc(-c2cccc(OCc3cc(F)cc(F)c3)c2)no1. The molecule has 0 amide bonds. The van der Waals surface area contributed by atoms with Gasteiger partial charge in [0.1, 0.15) is 29.7 Å². The molecular formula is C22H16F2N2O3. The van der Waals surface area contributed by atoms with Gasteiger partial charge in [0.2, 0.25) is 5.82 Å². The van der Waals surface area contributed by atoms with E-state index in [-0.39, 0.29) is 6.61 Å². The van der Waals surface area contributed by atoms with E-state index in [0.717, 1.165) is 6.07 Å². The van der Waals surface area contributed by atoms with E-state index in [0.29, 0.717) is 39.9 Å². The molecule has 5 nitrogen and oxygen atoms in total. The van der Waals surface area contributed by atoms with Crippen LogP contribution in [0.4, 0.5) is 8.78 Å². The molecule has 1 aromatic heterocycles. The highest BCUT2D eigenvalue weighted by atomic mass is 19.1. The quantitative estimate of drug-likeness (QED) is 0.446. The first kappa shape index (κ1) is 18.6. The van der Waals surface area contributed by atoms with E-state index in [1.807, 2.05) is 30.3 Å². The molecule has 29 heavy (non-hydrogen) atoms. The molecule has 0 spiro atoms. The van der Waals surface area contributed by atoms with E-state index in [9.17, 15) is 8.78 Å². The third-order valence-corrected chi connectivity index (χ3v) is 4.18. The number of hydrogen-bond acceptors (Lipinski definition) is 5. The third kappa shape index (κ3) is 4.24. The first-order valence-corrected chi connectivity index (χ1v) is 8.77. The summed E-state index contributed by atoms with van der Waals surface area (Å²) >= 11 is 0. The minimum atomic E-state index is -0.645. The smallest absolute Gasteiger partial charge is 0.262 e. The maximum atomic E-state index is 13.3. The van der Waals surface area contributed by atoms with Crippen LogP contribution in [-0.4, -0.2) is 17.3 Å². The van der Waals surface area contributed by atoms with Gasteiger partial charge in [0.05, 0.1) is 12.7 Å². The van der Waals surface area contributed by atoms with Gasteiger partial charge in [-0.25, -0.2) is 8.78 Å². The van der Waals surface area contributed by atoms with Gasteiger partial charge in [0, 0.05) is 11.6 Å². The van der Waals surface area contributed by atoms with Crippen molar-refractivity contribution in [2.75, 3.05) is 7.11 Å². The molecule has 0 fully saturated rings. The van der Waals surface area contributed by atoms with Gasteiger partial charge in [0.25, 0.3) is 5.89 Å². The monoisotopic (exact) mass is 394 g/mol. The summed E-state index contributed by atoms with van der Waals surface area (Å²) in [5, 5.41) is 4.02. The number of halogens is 2. The van der Waals surface area contributed by atoms with Crippen molar-refractivity contribution in [2.45, 2.75) is 6.61 Å². The Kier molecular flexibility index (Phi) is 5.20. The van der Waals surface area contributed by atoms with E-state index in [2.05, 4.69) is 10.1 Å². The molecule has 0 aliphatic rings. The molecule has 0 N–H and O–H groups in total. The van der Waals surface area contributed by atoms with Gasteiger partial charge >= 0.3 is 0 Å². The molecule has 3 aromatic carbocycles. The minimum Gasteiger partial charge on any atom is -0.496 e. The van der Waals surface area contributed by atoms with Gasteiger partial charge in [-0.2, -0.15) is 4.98 Å². The molecule has 7 heteroatoms. The van der Waals surface area contributed by atoms with Crippen LogP contribution in [-0.2, 0) is 6.61 Å². The predicted molar refractivity (Wildman–Crippen MR) is 102 cm³/mol. The molecule has 4 aromatic rings. The van der Waals surface area contributed by atoms with Crippen LogP contribution in [0.5, 0.6) is 11.5 Å². The lowest BCUT2D eigenvalue weighted by molar-refractivity contribution is 0.305. The molecule has 0 unspecified atom stereocenters. The van der Waals surface area contributed by atoms with Gasteiger partial charge in [-0.15, -0.1) is 0 Å². The van der Waals surface area contributed by atoms with Gasteiger partial charge in [0.15, 0.2) is 0 Å². The summed E-state index contributed by atoms with van der Waals surface area (Å²) in [7, 11) is 1.57. The minimum absolute atomic E-state index is 0.0246. The number of methoxy groups -OCH3 is 1. The molecule has 0 bridgehead atoms. The zero-order chi connectivity index (χ0) is 20.2. The number of hydrogen-bond donors (Lipinski definition) is 0. The Bertz CT molecular complexity index is 1120. The Morgan fingerprint density at radius 1 is 0.931 bits per heavy atom. The van der Waals surface area contributed by atoms with Crippen molar-refractivity contribution in [1.29, 1.82) is 0 Å². The van der Waals surface area contributed by atoms with Crippen molar-refractivity contribution in [1.82, 2.24) is 10.1 Å². The largest absolute Gasteiger partial charge is 0.496 e. The van der Waals surface area contributed by atoms with Gasteiger partial charge in [-0.1, -0.05) is 29.4 Å². The van der Waals surface area contributed by atoms with Crippen LogP contribution >= 0.6 is 0 Å². The van der Waals surface area contributed by atoms with Crippen LogP contribution in [0.25, 0.3) is 22.8 Å². The molecule has 0 atom stereocenters. The Labute approximate surface area is 165 Å². The van der Waals surface area contributed by atoms with E-state index in [1.54, 1.807) is 25.3 Å². The van der Waals surface area contributed by atoms with E-state index < -0.39 is 11.6 Å². The van der Waals surface area contributed by atoms with Gasteiger partial charge < -0.3 is 14.0 Å². The summed E-state index contributed by atoms with van der Waals surface area (Å²) in [6, 6.07) is 17.7. The Hall–Kier alpha value is -3.74. The fourth-order valence-corrected chi connectivity index (χ4v) is 2.86. The molecule has 0 saturated heterocycles. The number of ether oxygens (including phenoxy) is 2. The number of aromatic nitrogens is 2. The van der Waals surface area contributed by atoms with E-state index in [1.165, 1.54) is 12.1 Å². The van der Waals surface area contributed by atoms with Gasteiger partial charge in [-0.3, -0.25) is 0 Å². The second-order valence-corrected chi connectivity index (χ2v) is 6.22. The second kappa shape index (κ2) is 8.10. The highest BCUT2D eigenvalue weighted by Gasteiger charge is 2.14. The number of para-hydroxylation sites is 1. The fraction of sp³-hybridized carbons (Fsp3) is 0.0909. The fourth-order valence-electron chi connectivity index (χ4n) is 2.86. The van der Waals surface area contributed by atoms with E-state index >= 15 is 0 Å². The molecule has 146 valence electrons. The maximum Gasteiger partial charge on any atom is 0.262 e. The summed E-state index contributed by atoms with van der Waals surface area (Å²) in [5.41, 5.74) is 1.76. The molecule has 4 rings (SSSR count). The molecule has 1 heterocycles. The van der Waals surface area contributed by atoms with Gasteiger partial charge in [-0.05, 0) is 42.0 Å². The summed E-state index contributed by atoms with van der Waals surface area (Å²) in [6.07, 6.45) is 0. The lowest BCUT2D eigenvalue weighted by Crippen LogP contribution is -1.97. The second-order valence-electron chi connectivity index (χ2n) is 6.22. The normalized spacial score (nSPS) is 10.7. The average molecular weight is 394 g/mol. The topological polar surface area (TPSA) is 57.4 Å². The van der Waals surface area contributed by atoms with Crippen molar-refractivity contribution >= 4 is 0 Å². The van der Waals surface area contributed by atoms with Crippen LogP contribution in [0.2, 0.25) is 0 Å². The summed E-state index contributed by atoms with van der Waals surface area (Å²) in [6.45, 7) is 0.0246. The van der Waals surface area contributed by atoms with Crippen LogP contribution < -0.4 is 9.47 Å². The van der Waals surface area contributed by atoms with E-state index in [4.69, 9.17) is 14.0 Å². The zero-order valence-corrected chi connectivity index (χ0v) is 15.4. The van der Waals surface area contributed by atoms with Crippen molar-refractivity contribution in [3.63, 3.8) is 0 Å². The molecular weight excluding hydrogens is 378 g/mol. The zero-order valence-electron chi connectivity index (χ0n) is 15.4. The molecule has 0 radical (unpaired) electrons. The molecule has 0 aliphatic heterocycles. The van der Waals surface area contributed by atoms with Crippen molar-refractivity contribution < 1.29 is 22.8 Å². The number of rotatable bonds is 6. The number of nitrogens with zero attached hydrogens (tertiary/aromatic N) is 2. The molecule has 0 saturated carbocycles. The lowest BCUT2D eigenvalue weighted by Gasteiger charge is -2.07. The standard InChI is InChI=1S/C22H16F2N2O3/c1-27-20-8-3-2-7-19(20)22-25-21(26-29-22)15-5-4-6-18(11-15)28-13-14-9-16(23)12-17(24)10-14/h2-12H,13H2,1H3. The van der Waals surface area contributed by atoms with Crippen LogP contribution in [0.1, 0.15) is 5.56 Å². The third-order valence-electron chi connectivity index (χ3n) is 4.18. The summed E-state index contributed by atoms with van der Waals surface area (Å²) in [4.78, 5) is 4.43. The predicted octanol–water partition coefficient (Wildman–Crippen LogP) is 5.27. The molecule has 0 aliphatic carbocycles. The van der Waals surface area contributed by atoms with Crippen molar-refractivity contribution in [2.24, 2.45) is 0 Å². The van der Waals surface area contributed by atoms with Crippen molar-refractivity contribution in [3.8, 4) is 34.3 Å². The Morgan fingerprint density at radius 2 is 1.72 bits per heavy atom. The summed E-state index contributed by atoms with van der Waals surface area (Å²) < 4.78 is 43.0. The summed E-state index contributed by atoms with van der Waals surface area (Å²) in [5.74, 6) is 0.561. The van der Waals surface area contributed by atoms with Crippen LogP contribution in [0, 0.1) is 11.6 Å². The first-order chi connectivity index (χ1) is 14.1. The highest BCUT2D eigenvalue weighted by molar-refractivity contribution is 5.65. The maximum absolute atomic E-state index is 13.3. The number of benzene rings is 3. The van der Waals surface area contributed by atoms with Crippen LogP contribution in [0.15, 0.2) is 71.3 Å². The average Bonchev–Trinajstić information content (AvgIpc) is 3.22.